The number of nitrogens with zero attached hydrogens (tertiary/aromatic N) is 1. The first kappa shape index (κ1) is 22.5. The molecular weight excluding hydrogens is 438 g/mol. The summed E-state index contributed by atoms with van der Waals surface area (Å²) in [6.45, 7) is 0.441. The van der Waals surface area contributed by atoms with E-state index in [9.17, 15) is 14.4 Å². The number of hydrogen-bond acceptors (Lipinski definition) is 4. The highest BCUT2D eigenvalue weighted by Gasteiger charge is 2.43. The highest BCUT2D eigenvalue weighted by Crippen LogP contribution is 2.50. The molecule has 2 aliphatic heterocycles. The Balaban J connectivity index is 1.15. The molecule has 2 aromatic rings. The molecule has 4 aliphatic rings. The van der Waals surface area contributed by atoms with Crippen LogP contribution in [0, 0.1) is 11.8 Å². The van der Waals surface area contributed by atoms with E-state index in [2.05, 4.69) is 47.8 Å². The van der Waals surface area contributed by atoms with Gasteiger partial charge in [-0.25, -0.2) is 0 Å². The molecule has 2 bridgehead atoms. The molecule has 0 aromatic heterocycles. The fourth-order valence-electron chi connectivity index (χ4n) is 7.40. The van der Waals surface area contributed by atoms with Gasteiger partial charge < -0.3 is 10.6 Å². The lowest BCUT2D eigenvalue weighted by Crippen LogP contribution is -2.52. The Morgan fingerprint density at radius 2 is 1.71 bits per heavy atom. The van der Waals surface area contributed by atoms with Gasteiger partial charge in [0.25, 0.3) is 5.91 Å². The van der Waals surface area contributed by atoms with E-state index in [-0.39, 0.29) is 29.7 Å². The molecule has 2 aromatic carbocycles. The number of rotatable bonds is 4. The van der Waals surface area contributed by atoms with Gasteiger partial charge in [0.2, 0.25) is 11.8 Å². The van der Waals surface area contributed by atoms with Crippen LogP contribution in [-0.2, 0) is 22.6 Å². The summed E-state index contributed by atoms with van der Waals surface area (Å²) in [7, 11) is 0. The van der Waals surface area contributed by atoms with E-state index < -0.39 is 6.04 Å². The van der Waals surface area contributed by atoms with Crippen LogP contribution in [0.25, 0.3) is 0 Å². The molecule has 3 amide bonds. The lowest BCUT2D eigenvalue weighted by Gasteiger charge is -2.48. The summed E-state index contributed by atoms with van der Waals surface area (Å²) in [4.78, 5) is 38.5. The van der Waals surface area contributed by atoms with E-state index in [1.165, 1.54) is 17.5 Å². The highest BCUT2D eigenvalue weighted by atomic mass is 16.2. The largest absolute Gasteiger partial charge is 0.325 e. The van der Waals surface area contributed by atoms with Crippen LogP contribution in [0.5, 0.6) is 0 Å². The van der Waals surface area contributed by atoms with Crippen molar-refractivity contribution in [1.82, 2.24) is 10.2 Å². The molecule has 5 atom stereocenters. The summed E-state index contributed by atoms with van der Waals surface area (Å²) in [5, 5.41) is 2.38. The SMILES string of the molecule is NC1(Cc2ccccc2)C[C@@H]2CC(c3ccc4c(c3)CN(C3CCC(=O)NC3=O)C4=O)C[C@@H](C2)C1. The number of nitrogens with two attached hydrogens (primary N) is 1. The lowest BCUT2D eigenvalue weighted by molar-refractivity contribution is -0.136. The summed E-state index contributed by atoms with van der Waals surface area (Å²) in [5.74, 6) is 1.04. The molecule has 6 heteroatoms. The maximum atomic E-state index is 13.0. The molecule has 0 radical (unpaired) electrons. The minimum atomic E-state index is -0.563. The first-order chi connectivity index (χ1) is 16.9. The van der Waals surface area contributed by atoms with Gasteiger partial charge in [-0.3, -0.25) is 19.7 Å². The van der Waals surface area contributed by atoms with E-state index in [1.807, 2.05) is 6.07 Å². The molecule has 2 heterocycles. The Bertz CT molecular complexity index is 1160. The van der Waals surface area contributed by atoms with Crippen molar-refractivity contribution in [1.29, 1.82) is 0 Å². The molecule has 2 saturated carbocycles. The van der Waals surface area contributed by atoms with E-state index in [4.69, 9.17) is 5.73 Å². The quantitative estimate of drug-likeness (QED) is 0.666. The second-order valence-electron chi connectivity index (χ2n) is 11.4. The van der Waals surface area contributed by atoms with Crippen LogP contribution in [0.4, 0.5) is 0 Å². The maximum absolute atomic E-state index is 13.0. The minimum Gasteiger partial charge on any atom is -0.325 e. The third-order valence-electron chi connectivity index (χ3n) is 8.71. The predicted octanol–water partition coefficient (Wildman–Crippen LogP) is 3.68. The van der Waals surface area contributed by atoms with Gasteiger partial charge in [-0.15, -0.1) is 0 Å². The summed E-state index contributed by atoms with van der Waals surface area (Å²) in [6.07, 6.45) is 7.33. The van der Waals surface area contributed by atoms with E-state index in [1.54, 1.807) is 4.90 Å². The first-order valence-electron chi connectivity index (χ1n) is 13.0. The van der Waals surface area contributed by atoms with Crippen molar-refractivity contribution in [3.05, 3.63) is 70.8 Å². The zero-order valence-corrected chi connectivity index (χ0v) is 20.0. The van der Waals surface area contributed by atoms with Crippen LogP contribution in [0.2, 0.25) is 0 Å². The van der Waals surface area contributed by atoms with E-state index >= 15 is 0 Å². The number of carbonyl (C=O) groups excluding carboxylic acids is 3. The van der Waals surface area contributed by atoms with Crippen molar-refractivity contribution in [3.63, 3.8) is 0 Å². The van der Waals surface area contributed by atoms with Gasteiger partial charge in [0, 0.05) is 24.1 Å². The summed E-state index contributed by atoms with van der Waals surface area (Å²) < 4.78 is 0. The standard InChI is InChI=1S/C29H33N3O3/c30-29(14-18-4-2-1-3-5-18)15-19-10-20(16-29)12-22(11-19)21-6-7-24-23(13-21)17-32(28(24)35)25-8-9-26(33)31-27(25)34/h1-7,13,19-20,22,25H,8-12,14-17,30H2,(H,31,33,34)/t19-,20+,22?,25?,29?. The summed E-state index contributed by atoms with van der Waals surface area (Å²) in [5.41, 5.74) is 11.2. The van der Waals surface area contributed by atoms with Crippen LogP contribution in [0.3, 0.4) is 0 Å². The Labute approximate surface area is 206 Å². The van der Waals surface area contributed by atoms with E-state index in [0.717, 1.165) is 37.7 Å². The van der Waals surface area contributed by atoms with Gasteiger partial charge >= 0.3 is 0 Å². The van der Waals surface area contributed by atoms with Crippen molar-refractivity contribution in [2.24, 2.45) is 17.6 Å². The van der Waals surface area contributed by atoms with Crippen molar-refractivity contribution >= 4 is 17.7 Å². The van der Waals surface area contributed by atoms with Gasteiger partial charge in [0.15, 0.2) is 0 Å². The molecule has 2 aliphatic carbocycles. The number of fused-ring (bicyclic) bond motifs is 3. The number of nitrogens with one attached hydrogen (secondary N) is 1. The van der Waals surface area contributed by atoms with Crippen molar-refractivity contribution in [3.8, 4) is 0 Å². The van der Waals surface area contributed by atoms with Crippen LogP contribution in [0.1, 0.15) is 77.9 Å². The number of piperidine rings is 1. The Morgan fingerprint density at radius 1 is 0.971 bits per heavy atom. The fraction of sp³-hybridized carbons (Fsp3) is 0.483. The Kier molecular flexibility index (Phi) is 5.52. The normalized spacial score (nSPS) is 32.4. The average molecular weight is 472 g/mol. The first-order valence-corrected chi connectivity index (χ1v) is 13.0. The van der Waals surface area contributed by atoms with Crippen LogP contribution in [-0.4, -0.2) is 34.2 Å². The minimum absolute atomic E-state index is 0.101. The van der Waals surface area contributed by atoms with Crippen molar-refractivity contribution in [2.75, 3.05) is 0 Å². The summed E-state index contributed by atoms with van der Waals surface area (Å²) in [6, 6.07) is 16.3. The van der Waals surface area contributed by atoms with Crippen molar-refractivity contribution < 1.29 is 14.4 Å². The number of benzene rings is 2. The summed E-state index contributed by atoms with van der Waals surface area (Å²) >= 11 is 0. The van der Waals surface area contributed by atoms with E-state index in [0.29, 0.717) is 36.3 Å². The number of amides is 3. The van der Waals surface area contributed by atoms with Gasteiger partial charge in [0.05, 0.1) is 0 Å². The lowest BCUT2D eigenvalue weighted by atomic mass is 9.60. The Morgan fingerprint density at radius 3 is 2.43 bits per heavy atom. The third kappa shape index (κ3) is 4.29. The van der Waals surface area contributed by atoms with Gasteiger partial charge in [-0.1, -0.05) is 42.5 Å². The molecule has 35 heavy (non-hydrogen) atoms. The molecule has 0 spiro atoms. The highest BCUT2D eigenvalue weighted by molar-refractivity contribution is 6.05. The second-order valence-corrected chi connectivity index (χ2v) is 11.4. The average Bonchev–Trinajstić information content (AvgIpc) is 3.14. The van der Waals surface area contributed by atoms with Gasteiger partial charge in [-0.2, -0.15) is 0 Å². The monoisotopic (exact) mass is 471 g/mol. The van der Waals surface area contributed by atoms with Crippen LogP contribution >= 0.6 is 0 Å². The van der Waals surface area contributed by atoms with Crippen LogP contribution in [0.15, 0.2) is 48.5 Å². The van der Waals surface area contributed by atoms with Gasteiger partial charge in [-0.05, 0) is 85.5 Å². The Hall–Kier alpha value is -2.99. The molecular formula is C29H33N3O3. The zero-order chi connectivity index (χ0) is 24.2. The molecule has 3 unspecified atom stereocenters. The fourth-order valence-corrected chi connectivity index (χ4v) is 7.40. The number of imide groups is 1. The third-order valence-corrected chi connectivity index (χ3v) is 8.71. The molecule has 3 fully saturated rings. The molecule has 6 rings (SSSR count). The smallest absolute Gasteiger partial charge is 0.255 e. The predicted molar refractivity (Wildman–Crippen MR) is 132 cm³/mol. The van der Waals surface area contributed by atoms with Crippen LogP contribution < -0.4 is 11.1 Å². The zero-order valence-electron chi connectivity index (χ0n) is 20.0. The number of hydrogen-bond donors (Lipinski definition) is 2. The molecule has 182 valence electrons. The number of carbonyl (C=O) groups is 3. The molecule has 6 nitrogen and oxygen atoms in total. The van der Waals surface area contributed by atoms with Gasteiger partial charge in [0.1, 0.15) is 6.04 Å². The maximum Gasteiger partial charge on any atom is 0.255 e. The second kappa shape index (κ2) is 8.59. The molecule has 1 saturated heterocycles. The molecule has 3 N–H and O–H groups in total. The van der Waals surface area contributed by atoms with Crippen molar-refractivity contribution in [2.45, 2.75) is 75.4 Å². The topological polar surface area (TPSA) is 92.5 Å².